The van der Waals surface area contributed by atoms with Crippen molar-refractivity contribution < 1.29 is 19.7 Å². The van der Waals surface area contributed by atoms with Gasteiger partial charge in [-0.05, 0) is 13.3 Å². The van der Waals surface area contributed by atoms with Crippen LogP contribution >= 0.6 is 0 Å². The van der Waals surface area contributed by atoms with Crippen molar-refractivity contribution in [1.82, 2.24) is 15.0 Å². The predicted molar refractivity (Wildman–Crippen MR) is 58.4 cm³/mol. The molecule has 96 valence electrons. The quantitative estimate of drug-likeness (QED) is 0.689. The maximum absolute atomic E-state index is 10.6. The Morgan fingerprint density at radius 3 is 2.82 bits per heavy atom. The van der Waals surface area contributed by atoms with Crippen LogP contribution in [0.1, 0.15) is 24.7 Å². The first-order valence-electron chi connectivity index (χ1n) is 5.34. The Hall–Kier alpha value is -1.47. The first-order valence-corrected chi connectivity index (χ1v) is 5.34. The third-order valence-electron chi connectivity index (χ3n) is 2.28. The molecule has 1 aromatic heterocycles. The smallest absolute Gasteiger partial charge is 0.309 e. The van der Waals surface area contributed by atoms with Crippen LogP contribution in [0.3, 0.4) is 0 Å². The Kier molecular flexibility index (Phi) is 5.05. The van der Waals surface area contributed by atoms with Crippen molar-refractivity contribution in [2.45, 2.75) is 39.0 Å². The molecule has 0 bridgehead atoms. The Labute approximate surface area is 99.0 Å². The molecule has 0 aliphatic carbocycles. The fourth-order valence-electron chi connectivity index (χ4n) is 1.43. The monoisotopic (exact) mass is 243 g/mol. The number of aryl methyl sites for hydroxylation is 1. The first kappa shape index (κ1) is 13.6. The molecule has 0 fully saturated rings. The molecule has 0 spiro atoms. The number of aliphatic hydroxyl groups is 1. The van der Waals surface area contributed by atoms with Gasteiger partial charge in [-0.25, -0.2) is 4.68 Å². The van der Waals surface area contributed by atoms with E-state index < -0.39 is 12.1 Å². The summed E-state index contributed by atoms with van der Waals surface area (Å²) in [5, 5.41) is 25.6. The third kappa shape index (κ3) is 4.12. The number of hydrogen-bond donors (Lipinski definition) is 2. The van der Waals surface area contributed by atoms with Crippen molar-refractivity contribution >= 4 is 5.97 Å². The van der Waals surface area contributed by atoms with Crippen molar-refractivity contribution in [2.24, 2.45) is 0 Å². The number of aliphatic carboxylic acids is 1. The van der Waals surface area contributed by atoms with Gasteiger partial charge in [0.25, 0.3) is 0 Å². The van der Waals surface area contributed by atoms with Crippen molar-refractivity contribution in [3.63, 3.8) is 0 Å². The van der Waals surface area contributed by atoms with E-state index in [0.717, 1.165) is 0 Å². The summed E-state index contributed by atoms with van der Waals surface area (Å²) < 4.78 is 6.58. The van der Waals surface area contributed by atoms with Crippen LogP contribution in [0, 0.1) is 0 Å². The van der Waals surface area contributed by atoms with Gasteiger partial charge in [-0.3, -0.25) is 4.79 Å². The molecule has 0 amide bonds. The Morgan fingerprint density at radius 1 is 1.59 bits per heavy atom. The van der Waals surface area contributed by atoms with Gasteiger partial charge in [0.05, 0.1) is 30.5 Å². The van der Waals surface area contributed by atoms with Crippen molar-refractivity contribution in [3.8, 4) is 0 Å². The molecule has 0 aromatic carbocycles. The minimum Gasteiger partial charge on any atom is -0.481 e. The summed E-state index contributed by atoms with van der Waals surface area (Å²) in [7, 11) is 1.52. The molecular weight excluding hydrogens is 226 g/mol. The number of rotatable bonds is 7. The fraction of sp³-hybridized carbons (Fsp3) is 0.700. The molecule has 0 radical (unpaired) electrons. The molecule has 2 N–H and O–H groups in total. The van der Waals surface area contributed by atoms with E-state index in [1.807, 2.05) is 0 Å². The number of carbonyl (C=O) groups is 1. The average molecular weight is 243 g/mol. The lowest BCUT2D eigenvalue weighted by Gasteiger charge is -2.08. The van der Waals surface area contributed by atoms with E-state index in [1.54, 1.807) is 11.6 Å². The van der Waals surface area contributed by atoms with Crippen LogP contribution in [-0.4, -0.2) is 44.4 Å². The molecule has 0 saturated heterocycles. The molecule has 7 heteroatoms. The van der Waals surface area contributed by atoms with Crippen LogP contribution < -0.4 is 0 Å². The summed E-state index contributed by atoms with van der Waals surface area (Å²) in [4.78, 5) is 10.6. The highest BCUT2D eigenvalue weighted by Gasteiger charge is 2.15. The Bertz CT molecular complexity index is 376. The van der Waals surface area contributed by atoms with Gasteiger partial charge < -0.3 is 14.9 Å². The summed E-state index contributed by atoms with van der Waals surface area (Å²) in [6.45, 7) is 2.43. The number of carboxylic acids is 1. The second-order valence-electron chi connectivity index (χ2n) is 3.85. The van der Waals surface area contributed by atoms with Crippen LogP contribution in [0.5, 0.6) is 0 Å². The number of aliphatic hydroxyl groups excluding tert-OH is 1. The Morgan fingerprint density at radius 2 is 2.29 bits per heavy atom. The molecule has 17 heavy (non-hydrogen) atoms. The summed E-state index contributed by atoms with van der Waals surface area (Å²) in [6, 6.07) is 0. The molecule has 1 atom stereocenters. The average Bonchev–Trinajstić information content (AvgIpc) is 2.58. The highest BCUT2D eigenvalue weighted by atomic mass is 16.5. The van der Waals surface area contributed by atoms with Gasteiger partial charge >= 0.3 is 5.97 Å². The maximum atomic E-state index is 10.6. The summed E-state index contributed by atoms with van der Waals surface area (Å²) >= 11 is 0. The van der Waals surface area contributed by atoms with Gasteiger partial charge in [-0.15, -0.1) is 5.10 Å². The van der Waals surface area contributed by atoms with E-state index in [-0.39, 0.29) is 13.0 Å². The summed E-state index contributed by atoms with van der Waals surface area (Å²) in [6.07, 6.45) is -0.0718. The lowest BCUT2D eigenvalue weighted by molar-refractivity contribution is -0.136. The minimum atomic E-state index is -0.954. The normalized spacial score (nSPS) is 12.6. The van der Waals surface area contributed by atoms with Crippen LogP contribution in [0.2, 0.25) is 0 Å². The van der Waals surface area contributed by atoms with Crippen molar-refractivity contribution in [2.75, 3.05) is 7.11 Å². The van der Waals surface area contributed by atoms with Crippen molar-refractivity contribution in [1.29, 1.82) is 0 Å². The van der Waals surface area contributed by atoms with Gasteiger partial charge in [0.1, 0.15) is 0 Å². The zero-order valence-corrected chi connectivity index (χ0v) is 9.96. The molecule has 7 nitrogen and oxygen atoms in total. The standard InChI is InChI=1S/C10H17N3O4/c1-7(14)3-4-13-9(6-17-2)8(11-12-13)5-10(15)16/h7,14H,3-6H2,1-2H3,(H,15,16). The lowest BCUT2D eigenvalue weighted by Crippen LogP contribution is -2.12. The molecule has 0 aliphatic rings. The number of methoxy groups -OCH3 is 1. The fourth-order valence-corrected chi connectivity index (χ4v) is 1.43. The third-order valence-corrected chi connectivity index (χ3v) is 2.28. The number of ether oxygens (including phenoxy) is 1. The minimum absolute atomic E-state index is 0.173. The highest BCUT2D eigenvalue weighted by molar-refractivity contribution is 5.69. The van der Waals surface area contributed by atoms with Crippen LogP contribution in [-0.2, 0) is 29.1 Å². The number of nitrogens with zero attached hydrogens (tertiary/aromatic N) is 3. The van der Waals surface area contributed by atoms with Gasteiger partial charge in [0.15, 0.2) is 0 Å². The topological polar surface area (TPSA) is 97.5 Å². The second kappa shape index (κ2) is 6.31. The molecule has 1 unspecified atom stereocenters. The van der Waals surface area contributed by atoms with E-state index in [4.69, 9.17) is 9.84 Å². The van der Waals surface area contributed by atoms with Crippen LogP contribution in [0.4, 0.5) is 0 Å². The first-order chi connectivity index (χ1) is 8.04. The predicted octanol–water partition coefficient (Wildman–Crippen LogP) is -0.177. The van der Waals surface area contributed by atoms with E-state index in [1.165, 1.54) is 7.11 Å². The maximum Gasteiger partial charge on any atom is 0.309 e. The van der Waals surface area contributed by atoms with Gasteiger partial charge in [0, 0.05) is 13.7 Å². The second-order valence-corrected chi connectivity index (χ2v) is 3.85. The van der Waals surface area contributed by atoms with Crippen LogP contribution in [0.25, 0.3) is 0 Å². The summed E-state index contributed by atoms with van der Waals surface area (Å²) in [5.41, 5.74) is 1.06. The Balaban J connectivity index is 2.81. The van der Waals surface area contributed by atoms with Gasteiger partial charge in [0.2, 0.25) is 0 Å². The number of hydrogen-bond acceptors (Lipinski definition) is 5. The highest BCUT2D eigenvalue weighted by Crippen LogP contribution is 2.09. The van der Waals surface area contributed by atoms with Crippen LogP contribution in [0.15, 0.2) is 0 Å². The van der Waals surface area contributed by atoms with Gasteiger partial charge in [-0.1, -0.05) is 5.21 Å². The summed E-state index contributed by atoms with van der Waals surface area (Å²) in [5.74, 6) is -0.954. The van der Waals surface area contributed by atoms with E-state index >= 15 is 0 Å². The molecule has 1 heterocycles. The lowest BCUT2D eigenvalue weighted by atomic mass is 10.2. The molecule has 1 rings (SSSR count). The molecule has 1 aromatic rings. The zero-order chi connectivity index (χ0) is 12.8. The molecule has 0 saturated carbocycles. The zero-order valence-electron chi connectivity index (χ0n) is 9.96. The number of carboxylic acid groups (broad SMARTS) is 1. The number of aromatic nitrogens is 3. The van der Waals surface area contributed by atoms with E-state index in [2.05, 4.69) is 10.3 Å². The SMILES string of the molecule is COCc1c(CC(=O)O)nnn1CCC(C)O. The van der Waals surface area contributed by atoms with E-state index in [0.29, 0.717) is 24.4 Å². The molecular formula is C10H17N3O4. The van der Waals surface area contributed by atoms with Crippen molar-refractivity contribution in [3.05, 3.63) is 11.4 Å². The van der Waals surface area contributed by atoms with E-state index in [9.17, 15) is 9.90 Å². The molecule has 0 aliphatic heterocycles. The van der Waals surface area contributed by atoms with Gasteiger partial charge in [-0.2, -0.15) is 0 Å². The largest absolute Gasteiger partial charge is 0.481 e.